The molecule has 2 aliphatic heterocycles. The van der Waals surface area contributed by atoms with Crippen molar-refractivity contribution in [1.29, 1.82) is 0 Å². The van der Waals surface area contributed by atoms with Crippen molar-refractivity contribution in [1.82, 2.24) is 5.32 Å². The average Bonchev–Trinajstić information content (AvgIpc) is 2.84. The maximum atomic E-state index is 14.0. The van der Waals surface area contributed by atoms with Crippen molar-refractivity contribution in [2.24, 2.45) is 5.92 Å². The molecule has 2 saturated heterocycles. The van der Waals surface area contributed by atoms with Crippen LogP contribution in [0.2, 0.25) is 0 Å². The van der Waals surface area contributed by atoms with Gasteiger partial charge in [-0.2, -0.15) is 0 Å². The fraction of sp³-hybridized carbons (Fsp3) is 0.538. The van der Waals surface area contributed by atoms with Gasteiger partial charge in [-0.05, 0) is 31.4 Å². The Balaban J connectivity index is 1.97. The monoisotopic (exact) mass is 283 g/mol. The minimum atomic E-state index is -1.13. The van der Waals surface area contributed by atoms with Gasteiger partial charge in [-0.3, -0.25) is 10.1 Å². The van der Waals surface area contributed by atoms with Crippen LogP contribution in [0.5, 0.6) is 0 Å². The highest BCUT2D eigenvalue weighted by atomic mass is 19.2. The number of rotatable bonds is 2. The van der Waals surface area contributed by atoms with E-state index < -0.39 is 16.6 Å². The lowest BCUT2D eigenvalue weighted by Gasteiger charge is -2.24. The molecular formula is C13H15F2N3O2. The molecule has 0 spiro atoms. The van der Waals surface area contributed by atoms with Crippen LogP contribution in [0.3, 0.4) is 0 Å². The largest absolute Gasteiger partial charge is 0.362 e. The summed E-state index contributed by atoms with van der Waals surface area (Å²) in [5.74, 6) is -1.84. The standard InChI is InChI=1S/C13H15F2N3O2/c14-9-3-4-11(18(19)20)13(12(9)15)17-6-8-2-1-5-16-10(8)7-17/h3-4,8,10,16H,1-2,5-7H2/t8-,10+/m0/s1. The first-order valence-corrected chi connectivity index (χ1v) is 6.68. The topological polar surface area (TPSA) is 58.4 Å². The third-order valence-corrected chi connectivity index (χ3v) is 4.16. The maximum absolute atomic E-state index is 14.0. The summed E-state index contributed by atoms with van der Waals surface area (Å²) >= 11 is 0. The van der Waals surface area contributed by atoms with Crippen molar-refractivity contribution in [2.45, 2.75) is 18.9 Å². The number of nitrogens with one attached hydrogen (secondary N) is 1. The number of anilines is 1. The Labute approximate surface area is 114 Å². The number of nitrogens with zero attached hydrogens (tertiary/aromatic N) is 2. The number of nitro benzene ring substituents is 1. The fourth-order valence-corrected chi connectivity index (χ4v) is 3.21. The third-order valence-electron chi connectivity index (χ3n) is 4.16. The fourth-order valence-electron chi connectivity index (χ4n) is 3.21. The number of fused-ring (bicyclic) bond motifs is 1. The first-order valence-electron chi connectivity index (χ1n) is 6.68. The Kier molecular flexibility index (Phi) is 3.29. The summed E-state index contributed by atoms with van der Waals surface area (Å²) in [7, 11) is 0. The molecule has 0 radical (unpaired) electrons. The number of benzene rings is 1. The minimum absolute atomic E-state index is 0.200. The van der Waals surface area contributed by atoms with Crippen molar-refractivity contribution < 1.29 is 13.7 Å². The van der Waals surface area contributed by atoms with Gasteiger partial charge in [0.1, 0.15) is 0 Å². The van der Waals surface area contributed by atoms with Gasteiger partial charge in [-0.1, -0.05) is 0 Å². The lowest BCUT2D eigenvalue weighted by atomic mass is 9.94. The van der Waals surface area contributed by atoms with Gasteiger partial charge < -0.3 is 10.2 Å². The molecule has 1 N–H and O–H groups in total. The summed E-state index contributed by atoms with van der Waals surface area (Å²) in [4.78, 5) is 12.0. The van der Waals surface area contributed by atoms with Crippen LogP contribution in [0.15, 0.2) is 12.1 Å². The molecule has 0 amide bonds. The number of nitro groups is 1. The smallest absolute Gasteiger partial charge is 0.295 e. The zero-order chi connectivity index (χ0) is 14.3. The molecule has 20 heavy (non-hydrogen) atoms. The van der Waals surface area contributed by atoms with Crippen LogP contribution in [0.4, 0.5) is 20.2 Å². The summed E-state index contributed by atoms with van der Waals surface area (Å²) < 4.78 is 27.4. The van der Waals surface area contributed by atoms with Crippen molar-refractivity contribution in [3.05, 3.63) is 33.9 Å². The van der Waals surface area contributed by atoms with Crippen LogP contribution in [-0.2, 0) is 0 Å². The van der Waals surface area contributed by atoms with E-state index in [-0.39, 0.29) is 17.4 Å². The highest BCUT2D eigenvalue weighted by Crippen LogP contribution is 2.37. The van der Waals surface area contributed by atoms with Crippen molar-refractivity contribution in [3.8, 4) is 0 Å². The van der Waals surface area contributed by atoms with Crippen LogP contribution in [0.25, 0.3) is 0 Å². The van der Waals surface area contributed by atoms with Gasteiger partial charge in [0.25, 0.3) is 5.69 Å². The quantitative estimate of drug-likeness (QED) is 0.666. The van der Waals surface area contributed by atoms with E-state index >= 15 is 0 Å². The van der Waals surface area contributed by atoms with Crippen LogP contribution in [-0.4, -0.2) is 30.6 Å². The van der Waals surface area contributed by atoms with Gasteiger partial charge in [-0.25, -0.2) is 8.78 Å². The predicted molar refractivity (Wildman–Crippen MR) is 69.7 cm³/mol. The molecule has 108 valence electrons. The van der Waals surface area contributed by atoms with E-state index in [1.807, 2.05) is 0 Å². The van der Waals surface area contributed by atoms with Gasteiger partial charge in [0.05, 0.1) is 4.92 Å². The normalized spacial score (nSPS) is 25.6. The number of halogens is 2. The van der Waals surface area contributed by atoms with Crippen LogP contribution < -0.4 is 10.2 Å². The Morgan fingerprint density at radius 3 is 2.85 bits per heavy atom. The molecule has 7 heteroatoms. The molecule has 2 atom stereocenters. The van der Waals surface area contributed by atoms with Crippen LogP contribution >= 0.6 is 0 Å². The zero-order valence-corrected chi connectivity index (χ0v) is 10.8. The first kappa shape index (κ1) is 13.2. The lowest BCUT2D eigenvalue weighted by Crippen LogP contribution is -2.40. The van der Waals surface area contributed by atoms with E-state index in [2.05, 4.69) is 5.32 Å². The van der Waals surface area contributed by atoms with E-state index in [0.29, 0.717) is 19.0 Å². The highest BCUT2D eigenvalue weighted by molar-refractivity contribution is 5.65. The minimum Gasteiger partial charge on any atom is -0.362 e. The van der Waals surface area contributed by atoms with Gasteiger partial charge >= 0.3 is 0 Å². The van der Waals surface area contributed by atoms with Crippen molar-refractivity contribution in [2.75, 3.05) is 24.5 Å². The molecule has 1 aromatic rings. The van der Waals surface area contributed by atoms with E-state index in [4.69, 9.17) is 0 Å². The number of hydrogen-bond donors (Lipinski definition) is 1. The number of hydrogen-bond acceptors (Lipinski definition) is 4. The molecule has 0 aliphatic carbocycles. The van der Waals surface area contributed by atoms with Gasteiger partial charge in [-0.15, -0.1) is 0 Å². The highest BCUT2D eigenvalue weighted by Gasteiger charge is 2.38. The summed E-state index contributed by atoms with van der Waals surface area (Å²) in [6.45, 7) is 1.91. The number of piperidine rings is 1. The molecule has 0 aromatic heterocycles. The molecule has 5 nitrogen and oxygen atoms in total. The first-order chi connectivity index (χ1) is 9.58. The van der Waals surface area contributed by atoms with E-state index in [9.17, 15) is 18.9 Å². The summed E-state index contributed by atoms with van der Waals surface area (Å²) in [5, 5.41) is 14.4. The zero-order valence-electron chi connectivity index (χ0n) is 10.8. The Hall–Kier alpha value is -1.76. The predicted octanol–water partition coefficient (Wildman–Crippen LogP) is 2.06. The molecule has 1 aromatic carbocycles. The molecule has 0 saturated carbocycles. The molecule has 2 heterocycles. The second-order valence-corrected chi connectivity index (χ2v) is 5.35. The lowest BCUT2D eigenvalue weighted by molar-refractivity contribution is -0.384. The second-order valence-electron chi connectivity index (χ2n) is 5.35. The van der Waals surface area contributed by atoms with E-state index in [1.54, 1.807) is 4.90 Å². The summed E-state index contributed by atoms with van der Waals surface area (Å²) in [5.41, 5.74) is -0.589. The summed E-state index contributed by atoms with van der Waals surface area (Å²) in [6, 6.07) is 2.03. The molecule has 2 fully saturated rings. The molecule has 0 unspecified atom stereocenters. The second kappa shape index (κ2) is 4.97. The maximum Gasteiger partial charge on any atom is 0.295 e. The van der Waals surface area contributed by atoms with Crippen molar-refractivity contribution >= 4 is 11.4 Å². The van der Waals surface area contributed by atoms with Gasteiger partial charge in [0, 0.05) is 25.2 Å². The molecule has 2 aliphatic rings. The Bertz CT molecular complexity index is 539. The van der Waals surface area contributed by atoms with Crippen LogP contribution in [0.1, 0.15) is 12.8 Å². The van der Waals surface area contributed by atoms with Crippen LogP contribution in [0, 0.1) is 27.7 Å². The van der Waals surface area contributed by atoms with Gasteiger partial charge in [0.15, 0.2) is 17.3 Å². The third kappa shape index (κ3) is 2.11. The van der Waals surface area contributed by atoms with Gasteiger partial charge in [0.2, 0.25) is 0 Å². The molecular weight excluding hydrogens is 268 g/mol. The molecule has 0 bridgehead atoms. The molecule has 3 rings (SSSR count). The van der Waals surface area contributed by atoms with Crippen molar-refractivity contribution in [3.63, 3.8) is 0 Å². The Morgan fingerprint density at radius 1 is 1.35 bits per heavy atom. The van der Waals surface area contributed by atoms with E-state index in [1.165, 1.54) is 0 Å². The van der Waals surface area contributed by atoms with E-state index in [0.717, 1.165) is 31.5 Å². The average molecular weight is 283 g/mol. The SMILES string of the molecule is O=[N+]([O-])c1ccc(F)c(F)c1N1C[C@@H]2CCCN[C@@H]2C1. The summed E-state index contributed by atoms with van der Waals surface area (Å²) in [6.07, 6.45) is 2.06. The Morgan fingerprint density at radius 2 is 2.15 bits per heavy atom.